The number of aryl methyl sites for hydroxylation is 1. The Morgan fingerprint density at radius 1 is 1.38 bits per heavy atom. The molecule has 1 aromatic rings. The minimum absolute atomic E-state index is 0.00821. The number of hydrogen-bond acceptors (Lipinski definition) is 3. The lowest BCUT2D eigenvalue weighted by molar-refractivity contribution is 0.0991. The van der Waals surface area contributed by atoms with E-state index in [2.05, 4.69) is 0 Å². The summed E-state index contributed by atoms with van der Waals surface area (Å²) in [6, 6.07) is 6.99. The Hall–Kier alpha value is -1.16. The summed E-state index contributed by atoms with van der Waals surface area (Å²) in [6.07, 6.45) is 0. The highest BCUT2D eigenvalue weighted by atomic mass is 32.2. The molecule has 0 aromatic heterocycles. The molecule has 1 unspecified atom stereocenters. The van der Waals surface area contributed by atoms with Gasteiger partial charge in [-0.05, 0) is 19.9 Å². The van der Waals surface area contributed by atoms with Gasteiger partial charge in [-0.2, -0.15) is 0 Å². The molecule has 0 N–H and O–H groups in total. The van der Waals surface area contributed by atoms with Crippen LogP contribution in [0.4, 0.5) is 0 Å². The highest BCUT2D eigenvalue weighted by molar-refractivity contribution is 7.92. The number of Topliss-reactive ketones (excluding diaryl/α,β-unsaturated/α-hetero) is 1. The van der Waals surface area contributed by atoms with Crippen molar-refractivity contribution in [2.24, 2.45) is 0 Å². The van der Waals surface area contributed by atoms with Crippen molar-refractivity contribution in [2.75, 3.05) is 5.75 Å². The van der Waals surface area contributed by atoms with Gasteiger partial charge in [0.15, 0.2) is 15.6 Å². The molecule has 16 heavy (non-hydrogen) atoms. The van der Waals surface area contributed by atoms with Crippen molar-refractivity contribution >= 4 is 15.6 Å². The van der Waals surface area contributed by atoms with Crippen LogP contribution in [0, 0.1) is 6.92 Å². The van der Waals surface area contributed by atoms with Crippen LogP contribution in [-0.2, 0) is 9.84 Å². The van der Waals surface area contributed by atoms with E-state index in [0.717, 1.165) is 5.56 Å². The first-order valence-electron chi connectivity index (χ1n) is 5.21. The van der Waals surface area contributed by atoms with E-state index < -0.39 is 15.1 Å². The van der Waals surface area contributed by atoms with Crippen molar-refractivity contribution in [2.45, 2.75) is 26.0 Å². The largest absolute Gasteiger partial charge is 0.293 e. The SMILES string of the molecule is CCS(=O)(=O)C(C)C(=O)c1cccc(C)c1. The van der Waals surface area contributed by atoms with Gasteiger partial charge in [0.1, 0.15) is 5.25 Å². The second-order valence-corrected chi connectivity index (χ2v) is 6.44. The number of benzene rings is 1. The van der Waals surface area contributed by atoms with Crippen molar-refractivity contribution < 1.29 is 13.2 Å². The fraction of sp³-hybridized carbons (Fsp3) is 0.417. The van der Waals surface area contributed by atoms with Gasteiger partial charge in [-0.25, -0.2) is 8.42 Å². The molecule has 0 heterocycles. The third-order valence-corrected chi connectivity index (χ3v) is 4.71. The predicted molar refractivity (Wildman–Crippen MR) is 64.4 cm³/mol. The van der Waals surface area contributed by atoms with Gasteiger partial charge < -0.3 is 0 Å². The van der Waals surface area contributed by atoms with Crippen LogP contribution >= 0.6 is 0 Å². The highest BCUT2D eigenvalue weighted by Crippen LogP contribution is 2.12. The second kappa shape index (κ2) is 4.78. The van der Waals surface area contributed by atoms with Crippen LogP contribution in [0.25, 0.3) is 0 Å². The lowest BCUT2D eigenvalue weighted by atomic mass is 10.1. The van der Waals surface area contributed by atoms with Gasteiger partial charge >= 0.3 is 0 Å². The van der Waals surface area contributed by atoms with Crippen LogP contribution in [0.5, 0.6) is 0 Å². The number of ketones is 1. The number of hydrogen-bond donors (Lipinski definition) is 0. The van der Waals surface area contributed by atoms with Gasteiger partial charge in [0.2, 0.25) is 0 Å². The Balaban J connectivity index is 3.04. The molecule has 3 nitrogen and oxygen atoms in total. The van der Waals surface area contributed by atoms with Crippen molar-refractivity contribution in [3.63, 3.8) is 0 Å². The molecule has 4 heteroatoms. The van der Waals surface area contributed by atoms with Gasteiger partial charge in [-0.1, -0.05) is 30.7 Å². The molecular weight excluding hydrogens is 224 g/mol. The predicted octanol–water partition coefficient (Wildman–Crippen LogP) is 2.00. The van der Waals surface area contributed by atoms with E-state index in [0.29, 0.717) is 5.56 Å². The maximum absolute atomic E-state index is 11.9. The number of sulfone groups is 1. The minimum atomic E-state index is -3.31. The quantitative estimate of drug-likeness (QED) is 0.756. The van der Waals surface area contributed by atoms with E-state index in [1.807, 2.05) is 13.0 Å². The average Bonchev–Trinajstić information content (AvgIpc) is 2.27. The van der Waals surface area contributed by atoms with E-state index in [9.17, 15) is 13.2 Å². The topological polar surface area (TPSA) is 51.2 Å². The van der Waals surface area contributed by atoms with Crippen LogP contribution in [0.2, 0.25) is 0 Å². The molecule has 1 rings (SSSR count). The van der Waals surface area contributed by atoms with E-state index in [-0.39, 0.29) is 11.5 Å². The summed E-state index contributed by atoms with van der Waals surface area (Å²) < 4.78 is 23.2. The minimum Gasteiger partial charge on any atom is -0.293 e. The Labute approximate surface area is 96.4 Å². The zero-order valence-electron chi connectivity index (χ0n) is 9.73. The molecule has 0 saturated carbocycles. The monoisotopic (exact) mass is 240 g/mol. The van der Waals surface area contributed by atoms with Crippen LogP contribution in [0.3, 0.4) is 0 Å². The summed E-state index contributed by atoms with van der Waals surface area (Å²) in [7, 11) is -3.31. The van der Waals surface area contributed by atoms with Crippen LogP contribution in [-0.4, -0.2) is 25.2 Å². The Morgan fingerprint density at radius 2 is 2.00 bits per heavy atom. The van der Waals surface area contributed by atoms with E-state index >= 15 is 0 Å². The Morgan fingerprint density at radius 3 is 2.50 bits per heavy atom. The zero-order valence-corrected chi connectivity index (χ0v) is 10.5. The standard InChI is InChI=1S/C12H16O3S/c1-4-16(14,15)10(3)12(13)11-7-5-6-9(2)8-11/h5-8,10H,4H2,1-3H3. The molecule has 1 aromatic carbocycles. The Kier molecular flexibility index (Phi) is 3.86. The Bertz CT molecular complexity index is 489. The van der Waals surface area contributed by atoms with Crippen molar-refractivity contribution in [1.29, 1.82) is 0 Å². The summed E-state index contributed by atoms with van der Waals surface area (Å²) in [5.41, 5.74) is 1.41. The molecular formula is C12H16O3S. The van der Waals surface area contributed by atoms with E-state index in [1.54, 1.807) is 25.1 Å². The molecule has 88 valence electrons. The van der Waals surface area contributed by atoms with Gasteiger partial charge in [0, 0.05) is 11.3 Å². The van der Waals surface area contributed by atoms with Crippen molar-refractivity contribution in [3.8, 4) is 0 Å². The average molecular weight is 240 g/mol. The number of rotatable bonds is 4. The van der Waals surface area contributed by atoms with E-state index in [4.69, 9.17) is 0 Å². The summed E-state index contributed by atoms with van der Waals surface area (Å²) in [4.78, 5) is 11.9. The molecule has 0 aliphatic heterocycles. The third kappa shape index (κ3) is 2.70. The van der Waals surface area contributed by atoms with Crippen LogP contribution in [0.15, 0.2) is 24.3 Å². The lowest BCUT2D eigenvalue weighted by Crippen LogP contribution is -2.28. The molecule has 0 saturated heterocycles. The smallest absolute Gasteiger partial charge is 0.180 e. The van der Waals surface area contributed by atoms with Gasteiger partial charge in [0.25, 0.3) is 0 Å². The zero-order chi connectivity index (χ0) is 12.3. The fourth-order valence-corrected chi connectivity index (χ4v) is 2.41. The molecule has 0 aliphatic carbocycles. The number of carbonyl (C=O) groups excluding carboxylic acids is 1. The summed E-state index contributed by atoms with van der Waals surface area (Å²) in [5, 5.41) is -0.959. The first-order chi connectivity index (χ1) is 7.38. The summed E-state index contributed by atoms with van der Waals surface area (Å²) >= 11 is 0. The fourth-order valence-electron chi connectivity index (χ4n) is 1.45. The second-order valence-electron chi connectivity index (χ2n) is 3.83. The summed E-state index contributed by atoms with van der Waals surface area (Å²) in [6.45, 7) is 4.87. The maximum Gasteiger partial charge on any atom is 0.180 e. The van der Waals surface area contributed by atoms with Crippen LogP contribution < -0.4 is 0 Å². The molecule has 0 radical (unpaired) electrons. The summed E-state index contributed by atoms with van der Waals surface area (Å²) in [5.74, 6) is -0.336. The first-order valence-corrected chi connectivity index (χ1v) is 6.92. The molecule has 0 spiro atoms. The molecule has 1 atom stereocenters. The normalized spacial score (nSPS) is 13.4. The van der Waals surface area contributed by atoms with Crippen LogP contribution in [0.1, 0.15) is 29.8 Å². The van der Waals surface area contributed by atoms with E-state index in [1.165, 1.54) is 6.92 Å². The maximum atomic E-state index is 11.9. The molecule has 0 bridgehead atoms. The highest BCUT2D eigenvalue weighted by Gasteiger charge is 2.26. The van der Waals surface area contributed by atoms with Gasteiger partial charge in [0.05, 0.1) is 0 Å². The van der Waals surface area contributed by atoms with Gasteiger partial charge in [-0.3, -0.25) is 4.79 Å². The van der Waals surface area contributed by atoms with Crippen molar-refractivity contribution in [1.82, 2.24) is 0 Å². The lowest BCUT2D eigenvalue weighted by Gasteiger charge is -2.10. The first kappa shape index (κ1) is 12.9. The molecule has 0 aliphatic rings. The molecule has 0 amide bonds. The number of carbonyl (C=O) groups is 1. The van der Waals surface area contributed by atoms with Gasteiger partial charge in [-0.15, -0.1) is 0 Å². The van der Waals surface area contributed by atoms with Crippen molar-refractivity contribution in [3.05, 3.63) is 35.4 Å². The molecule has 0 fully saturated rings. The third-order valence-electron chi connectivity index (χ3n) is 2.61.